The van der Waals surface area contributed by atoms with E-state index in [0.29, 0.717) is 19.4 Å². The second kappa shape index (κ2) is 4.72. The largest absolute Gasteiger partial charge is 0.316 e. The van der Waals surface area contributed by atoms with Crippen molar-refractivity contribution in [1.82, 2.24) is 10.4 Å². The molecular formula is C9H15ClF2N2O. The smallest absolute Gasteiger partial charge is 0.248 e. The first kappa shape index (κ1) is 12.8. The summed E-state index contributed by atoms with van der Waals surface area (Å²) in [5.41, 5.74) is 0. The third-order valence-electron chi connectivity index (χ3n) is 3.06. The number of Topliss-reactive ketones (excluding diaryl/α,β-unsaturated/α-hetero) is 1. The Balaban J connectivity index is 0.00000112. The van der Waals surface area contributed by atoms with Gasteiger partial charge in [-0.2, -0.15) is 0 Å². The lowest BCUT2D eigenvalue weighted by Crippen LogP contribution is -2.46. The third kappa shape index (κ3) is 2.14. The Morgan fingerprint density at radius 1 is 1.53 bits per heavy atom. The topological polar surface area (TPSA) is 32.3 Å². The van der Waals surface area contributed by atoms with Crippen LogP contribution in [-0.4, -0.2) is 36.3 Å². The van der Waals surface area contributed by atoms with Gasteiger partial charge in [-0.3, -0.25) is 4.79 Å². The van der Waals surface area contributed by atoms with Gasteiger partial charge in [0.2, 0.25) is 5.79 Å². The number of alkyl halides is 1. The van der Waals surface area contributed by atoms with E-state index in [1.165, 1.54) is 0 Å². The van der Waals surface area contributed by atoms with Gasteiger partial charge in [0.1, 0.15) is 0 Å². The fraction of sp³-hybridized carbons (Fsp3) is 0.889. The van der Waals surface area contributed by atoms with Crippen molar-refractivity contribution in [3.8, 4) is 0 Å². The van der Waals surface area contributed by atoms with E-state index in [-0.39, 0.29) is 36.4 Å². The molecule has 2 aliphatic rings. The highest BCUT2D eigenvalue weighted by Gasteiger charge is 2.51. The fourth-order valence-electron chi connectivity index (χ4n) is 2.18. The van der Waals surface area contributed by atoms with Gasteiger partial charge in [-0.1, -0.05) is 0 Å². The van der Waals surface area contributed by atoms with Crippen LogP contribution >= 0.6 is 12.4 Å². The van der Waals surface area contributed by atoms with Crippen molar-refractivity contribution < 1.29 is 13.7 Å². The molecule has 6 heteroatoms. The number of carbonyl (C=O) groups is 1. The first-order valence-corrected chi connectivity index (χ1v) is 5.02. The number of rotatable bonds is 2. The number of nitrogens with zero attached hydrogens (tertiary/aromatic N) is 1. The van der Waals surface area contributed by atoms with Gasteiger partial charge in [-0.25, -0.2) is 4.39 Å². The lowest BCUT2D eigenvalue weighted by atomic mass is 9.94. The Morgan fingerprint density at radius 2 is 2.27 bits per heavy atom. The minimum Gasteiger partial charge on any atom is -0.316 e. The normalized spacial score (nSPS) is 36.5. The molecule has 2 heterocycles. The lowest BCUT2D eigenvalue weighted by Gasteiger charge is -2.24. The minimum absolute atomic E-state index is 0. The van der Waals surface area contributed by atoms with Crippen LogP contribution in [0.5, 0.6) is 0 Å². The summed E-state index contributed by atoms with van der Waals surface area (Å²) in [4.78, 5) is 11.7. The van der Waals surface area contributed by atoms with Crippen LogP contribution in [-0.2, 0) is 4.79 Å². The van der Waals surface area contributed by atoms with Crippen LogP contribution in [0.3, 0.4) is 0 Å². The predicted molar refractivity (Wildman–Crippen MR) is 54.1 cm³/mol. The first-order valence-electron chi connectivity index (χ1n) is 5.02. The standard InChI is InChI=1S/C9H14F2N2O.ClH/c10-9(3-1-5-13(9)11)8(14)7-2-4-12-6-7;/h7,12H,1-6H2;1H/t7?,9-;/m0./s1. The van der Waals surface area contributed by atoms with Gasteiger partial charge in [0.25, 0.3) is 0 Å². The van der Waals surface area contributed by atoms with E-state index in [9.17, 15) is 13.7 Å². The molecule has 0 amide bonds. The van der Waals surface area contributed by atoms with E-state index in [1.54, 1.807) is 0 Å². The predicted octanol–water partition coefficient (Wildman–Crippen LogP) is 1.23. The van der Waals surface area contributed by atoms with Crippen LogP contribution < -0.4 is 5.32 Å². The monoisotopic (exact) mass is 240 g/mol. The summed E-state index contributed by atoms with van der Waals surface area (Å²) in [6.07, 6.45) is 1.04. The number of hydrogen-bond donors (Lipinski definition) is 1. The van der Waals surface area contributed by atoms with Crippen molar-refractivity contribution in [2.75, 3.05) is 19.6 Å². The maximum atomic E-state index is 13.9. The first-order chi connectivity index (χ1) is 6.64. The van der Waals surface area contributed by atoms with E-state index < -0.39 is 11.6 Å². The third-order valence-corrected chi connectivity index (χ3v) is 3.06. The van der Waals surface area contributed by atoms with Crippen molar-refractivity contribution >= 4 is 18.2 Å². The summed E-state index contributed by atoms with van der Waals surface area (Å²) in [7, 11) is 0. The van der Waals surface area contributed by atoms with Gasteiger partial charge in [-0.05, 0) is 19.4 Å². The molecule has 2 rings (SSSR count). The molecule has 0 aromatic rings. The van der Waals surface area contributed by atoms with E-state index in [2.05, 4.69) is 5.32 Å². The van der Waals surface area contributed by atoms with Crippen LogP contribution in [0.15, 0.2) is 0 Å². The average molecular weight is 241 g/mol. The van der Waals surface area contributed by atoms with E-state index in [0.717, 1.165) is 6.54 Å². The summed E-state index contributed by atoms with van der Waals surface area (Å²) in [6, 6.07) is 0. The molecule has 0 aromatic heterocycles. The number of ketones is 1. The molecule has 0 bridgehead atoms. The summed E-state index contributed by atoms with van der Waals surface area (Å²) in [5, 5.41) is 3.04. The second-order valence-corrected chi connectivity index (χ2v) is 4.00. The van der Waals surface area contributed by atoms with Gasteiger partial charge in [0.15, 0.2) is 5.78 Å². The van der Waals surface area contributed by atoms with Crippen LogP contribution in [0.2, 0.25) is 0 Å². The maximum absolute atomic E-state index is 13.9. The molecule has 2 fully saturated rings. The zero-order valence-corrected chi connectivity index (χ0v) is 9.16. The fourth-order valence-corrected chi connectivity index (χ4v) is 2.18. The number of carbonyl (C=O) groups excluding carboxylic acids is 1. The molecule has 0 radical (unpaired) electrons. The van der Waals surface area contributed by atoms with Gasteiger partial charge in [-0.15, -0.1) is 22.0 Å². The molecular weight excluding hydrogens is 226 g/mol. The van der Waals surface area contributed by atoms with Crippen molar-refractivity contribution in [3.05, 3.63) is 0 Å². The van der Waals surface area contributed by atoms with Crippen molar-refractivity contribution in [2.45, 2.75) is 25.1 Å². The summed E-state index contributed by atoms with van der Waals surface area (Å²) in [6.45, 7) is 1.24. The number of halogens is 3. The minimum atomic E-state index is -2.34. The Morgan fingerprint density at radius 3 is 2.73 bits per heavy atom. The van der Waals surface area contributed by atoms with Crippen LogP contribution in [0.1, 0.15) is 19.3 Å². The SMILES string of the molecule is Cl.O=C(C1CCNC1)[C@]1(F)CCCN1F. The van der Waals surface area contributed by atoms with Crippen molar-refractivity contribution in [2.24, 2.45) is 5.92 Å². The van der Waals surface area contributed by atoms with Crippen LogP contribution in [0.4, 0.5) is 8.87 Å². The van der Waals surface area contributed by atoms with E-state index in [1.807, 2.05) is 0 Å². The molecule has 2 saturated heterocycles. The highest BCUT2D eigenvalue weighted by Crippen LogP contribution is 2.35. The molecule has 15 heavy (non-hydrogen) atoms. The van der Waals surface area contributed by atoms with Crippen molar-refractivity contribution in [3.63, 3.8) is 0 Å². The van der Waals surface area contributed by atoms with E-state index in [4.69, 9.17) is 0 Å². The Hall–Kier alpha value is -0.260. The zero-order valence-electron chi connectivity index (χ0n) is 8.34. The Labute approximate surface area is 93.5 Å². The van der Waals surface area contributed by atoms with Gasteiger partial charge in [0.05, 0.1) is 0 Å². The van der Waals surface area contributed by atoms with Gasteiger partial charge >= 0.3 is 0 Å². The molecule has 0 aliphatic carbocycles. The maximum Gasteiger partial charge on any atom is 0.248 e. The average Bonchev–Trinajstić information content (AvgIpc) is 2.77. The van der Waals surface area contributed by atoms with Gasteiger partial charge < -0.3 is 5.32 Å². The molecule has 0 spiro atoms. The summed E-state index contributed by atoms with van der Waals surface area (Å²) >= 11 is 0. The second-order valence-electron chi connectivity index (χ2n) is 4.00. The van der Waals surface area contributed by atoms with Crippen LogP contribution in [0, 0.1) is 5.92 Å². The molecule has 0 saturated carbocycles. The zero-order chi connectivity index (χ0) is 10.2. The molecule has 2 atom stereocenters. The highest BCUT2D eigenvalue weighted by molar-refractivity contribution is 5.89. The van der Waals surface area contributed by atoms with E-state index >= 15 is 0 Å². The van der Waals surface area contributed by atoms with Gasteiger partial charge in [0, 0.05) is 25.4 Å². The number of hydrogen-bond acceptors (Lipinski definition) is 3. The highest BCUT2D eigenvalue weighted by atomic mass is 35.5. The molecule has 88 valence electrons. The van der Waals surface area contributed by atoms with Crippen molar-refractivity contribution in [1.29, 1.82) is 0 Å². The molecule has 1 unspecified atom stereocenters. The van der Waals surface area contributed by atoms with Crippen LogP contribution in [0.25, 0.3) is 0 Å². The summed E-state index contributed by atoms with van der Waals surface area (Å²) < 4.78 is 27.0. The molecule has 0 aromatic carbocycles. The Bertz CT molecular complexity index is 248. The number of nitrogens with one attached hydrogen (secondary N) is 1. The lowest BCUT2D eigenvalue weighted by molar-refractivity contribution is -0.168. The molecule has 2 aliphatic heterocycles. The molecule has 1 N–H and O–H groups in total. The molecule has 3 nitrogen and oxygen atoms in total. The summed E-state index contributed by atoms with van der Waals surface area (Å²) in [5.74, 6) is -3.27. The quantitative estimate of drug-likeness (QED) is 0.582. The Kier molecular flexibility index (Phi) is 4.03.